The monoisotopic (exact) mass is 369 g/mol. The van der Waals surface area contributed by atoms with Crippen molar-refractivity contribution in [1.82, 2.24) is 10.2 Å². The second-order valence-corrected chi connectivity index (χ2v) is 11.3. The lowest BCUT2D eigenvalue weighted by Gasteiger charge is -2.32. The number of nitrogens with zero attached hydrogens (tertiary/aromatic N) is 2. The van der Waals surface area contributed by atoms with E-state index in [-0.39, 0.29) is 12.0 Å². The number of hydrogen-bond acceptors (Lipinski definition) is 6. The molecule has 25 heavy (non-hydrogen) atoms. The van der Waals surface area contributed by atoms with Gasteiger partial charge in [-0.1, -0.05) is 6.58 Å². The summed E-state index contributed by atoms with van der Waals surface area (Å²) in [6.45, 7) is 8.45. The van der Waals surface area contributed by atoms with E-state index in [4.69, 9.17) is 9.47 Å². The zero-order valence-electron chi connectivity index (χ0n) is 15.3. The largest absolute Gasteiger partial charge is 0.388 e. The summed E-state index contributed by atoms with van der Waals surface area (Å²) in [6, 6.07) is 0. The van der Waals surface area contributed by atoms with Gasteiger partial charge in [-0.2, -0.15) is 0 Å². The Hall–Kier alpha value is -1.40. The van der Waals surface area contributed by atoms with Gasteiger partial charge in [-0.3, -0.25) is 4.79 Å². The summed E-state index contributed by atoms with van der Waals surface area (Å²) in [5.74, 6) is 0.628. The summed E-state index contributed by atoms with van der Waals surface area (Å²) < 4.78 is 11.5. The van der Waals surface area contributed by atoms with Crippen LogP contribution in [0.15, 0.2) is 29.7 Å². The maximum absolute atomic E-state index is 11.1. The van der Waals surface area contributed by atoms with E-state index < -0.39 is 25.3 Å². The molecule has 2 N–H and O–H groups in total. The Kier molecular flexibility index (Phi) is 6.27. The molecule has 0 saturated carbocycles. The van der Waals surface area contributed by atoms with Crippen LogP contribution in [0, 0.1) is 0 Å². The average Bonchev–Trinajstić information content (AvgIpc) is 2.80. The van der Waals surface area contributed by atoms with Gasteiger partial charge < -0.3 is 24.8 Å². The van der Waals surface area contributed by atoms with Crippen molar-refractivity contribution in [3.8, 4) is 0 Å². The number of aliphatic imine (C=N–C) groups is 1. The van der Waals surface area contributed by atoms with Gasteiger partial charge in [-0.25, -0.2) is 4.99 Å². The maximum atomic E-state index is 11.1. The van der Waals surface area contributed by atoms with Crippen LogP contribution in [-0.2, 0) is 14.3 Å². The van der Waals surface area contributed by atoms with Crippen LogP contribution in [0.25, 0.3) is 0 Å². The molecule has 0 aromatic rings. The van der Waals surface area contributed by atoms with Crippen LogP contribution in [0.1, 0.15) is 13.3 Å². The van der Waals surface area contributed by atoms with Crippen molar-refractivity contribution in [2.75, 3.05) is 26.6 Å². The predicted molar refractivity (Wildman–Crippen MR) is 102 cm³/mol. The summed E-state index contributed by atoms with van der Waals surface area (Å²) >= 11 is 0. The van der Waals surface area contributed by atoms with Crippen LogP contribution in [-0.4, -0.2) is 79.2 Å². The fourth-order valence-electron chi connectivity index (χ4n) is 2.87. The molecule has 0 bridgehead atoms. The fourth-order valence-corrected chi connectivity index (χ4v) is 3.82. The number of nitrogens with one attached hydrogen (secondary N) is 1. The molecule has 4 atom stereocenters. The molecule has 0 radical (unpaired) electrons. The van der Waals surface area contributed by atoms with Crippen LogP contribution in [0.3, 0.4) is 0 Å². The number of amides is 1. The van der Waals surface area contributed by atoms with Crippen molar-refractivity contribution in [2.45, 2.75) is 37.9 Å². The third-order valence-corrected chi connectivity index (χ3v) is 5.59. The third kappa shape index (κ3) is 5.05. The van der Waals surface area contributed by atoms with Gasteiger partial charge in [0.2, 0.25) is 5.91 Å². The van der Waals surface area contributed by atoms with Gasteiger partial charge >= 0.3 is 0 Å². The minimum Gasteiger partial charge on any atom is -0.388 e. The van der Waals surface area contributed by atoms with Crippen LogP contribution >= 0.6 is 6.89 Å². The number of aliphatic hydroxyl groups excluding tert-OH is 1. The molecular weight excluding hydrogens is 341 g/mol. The quantitative estimate of drug-likeness (QED) is 0.707. The second kappa shape index (κ2) is 7.87. The lowest BCUT2D eigenvalue weighted by atomic mass is 10.1. The molecule has 140 valence electrons. The van der Waals surface area contributed by atoms with Gasteiger partial charge in [0, 0.05) is 20.2 Å². The fraction of sp³-hybridized carbons (Fsp3) is 0.588. The Balaban J connectivity index is 2.09. The highest BCUT2D eigenvalue weighted by molar-refractivity contribution is 7.72. The molecule has 1 fully saturated rings. The summed E-state index contributed by atoms with van der Waals surface area (Å²) in [5.41, 5.74) is 0. The van der Waals surface area contributed by atoms with Crippen molar-refractivity contribution in [3.63, 3.8) is 0 Å². The number of ether oxygens (including phenoxy) is 2. The molecular formula is C17H28N3O4P. The van der Waals surface area contributed by atoms with E-state index >= 15 is 0 Å². The number of carbonyl (C=O) groups excluding carboxylic acids is 1. The van der Waals surface area contributed by atoms with Crippen molar-refractivity contribution in [3.05, 3.63) is 24.7 Å². The molecule has 1 amide bonds. The molecule has 2 aliphatic heterocycles. The van der Waals surface area contributed by atoms with E-state index in [0.717, 1.165) is 12.6 Å². The van der Waals surface area contributed by atoms with E-state index in [1.54, 1.807) is 24.3 Å². The van der Waals surface area contributed by atoms with E-state index in [1.165, 1.54) is 6.92 Å². The lowest BCUT2D eigenvalue weighted by molar-refractivity contribution is -0.117. The number of carbonyl (C=O) groups is 1. The summed E-state index contributed by atoms with van der Waals surface area (Å²) in [4.78, 5) is 17.1. The van der Waals surface area contributed by atoms with Crippen LogP contribution in [0.4, 0.5) is 0 Å². The first-order valence-electron chi connectivity index (χ1n) is 8.18. The van der Waals surface area contributed by atoms with Crippen LogP contribution in [0.2, 0.25) is 0 Å². The Labute approximate surface area is 149 Å². The molecule has 0 aliphatic carbocycles. The standard InChI is InChI=1S/C17H28N3O4P/c1-11-18-14(19-12(2)21)7-9-20(11)17-16(23-3)15(22)13(24-17)8-10-25(4,5)6/h7,9,13,15-17,22H,1,4,8,10H2,2-3,5-6H3,(H,18,19,21)/t13?,15-,16-,17?/m1/s1. The number of amidine groups is 1. The highest BCUT2D eigenvalue weighted by Crippen LogP contribution is 2.39. The SMILES string of the molecule is C=C1N=C(NC(C)=O)C=CN1C1OC(CCP(=C)(C)C)[C@@H](O)[C@H]1OC. The highest BCUT2D eigenvalue weighted by Gasteiger charge is 2.46. The molecule has 0 spiro atoms. The number of methoxy groups -OCH3 is 1. The smallest absolute Gasteiger partial charge is 0.222 e. The van der Waals surface area contributed by atoms with Gasteiger partial charge in [0.25, 0.3) is 0 Å². The minimum atomic E-state index is -1.20. The Bertz CT molecular complexity index is 640. The van der Waals surface area contributed by atoms with Crippen molar-refractivity contribution < 1.29 is 19.4 Å². The Morgan fingerprint density at radius 1 is 1.56 bits per heavy atom. The minimum absolute atomic E-state index is 0.203. The van der Waals surface area contributed by atoms with Crippen molar-refractivity contribution in [2.24, 2.45) is 4.99 Å². The zero-order valence-corrected chi connectivity index (χ0v) is 16.2. The van der Waals surface area contributed by atoms with E-state index in [1.807, 2.05) is 0 Å². The molecule has 8 heteroatoms. The normalized spacial score (nSPS) is 29.7. The third-order valence-electron chi connectivity index (χ3n) is 4.12. The van der Waals surface area contributed by atoms with E-state index in [0.29, 0.717) is 11.7 Å². The number of hydrogen-bond donors (Lipinski definition) is 2. The Morgan fingerprint density at radius 3 is 2.76 bits per heavy atom. The van der Waals surface area contributed by atoms with Gasteiger partial charge in [-0.15, -0.1) is 13.2 Å². The molecule has 0 aromatic heterocycles. The molecule has 2 aliphatic rings. The first-order chi connectivity index (χ1) is 11.6. The summed E-state index contributed by atoms with van der Waals surface area (Å²) in [5, 5.41) is 13.2. The topological polar surface area (TPSA) is 83.4 Å². The molecule has 1 saturated heterocycles. The first kappa shape index (κ1) is 19.9. The molecule has 2 unspecified atom stereocenters. The van der Waals surface area contributed by atoms with Gasteiger partial charge in [0.15, 0.2) is 6.23 Å². The molecule has 7 nitrogen and oxygen atoms in total. The zero-order chi connectivity index (χ0) is 18.8. The summed E-state index contributed by atoms with van der Waals surface area (Å²) in [7, 11) is 1.55. The van der Waals surface area contributed by atoms with Crippen molar-refractivity contribution >= 4 is 24.9 Å². The molecule has 2 heterocycles. The predicted octanol–water partition coefficient (Wildman–Crippen LogP) is 1.02. The average molecular weight is 369 g/mol. The lowest BCUT2D eigenvalue weighted by Crippen LogP contribution is -2.43. The molecule has 0 aromatic carbocycles. The van der Waals surface area contributed by atoms with Crippen molar-refractivity contribution in [1.29, 1.82) is 0 Å². The second-order valence-electron chi connectivity index (χ2n) is 7.02. The van der Waals surface area contributed by atoms with Crippen LogP contribution < -0.4 is 5.32 Å². The maximum Gasteiger partial charge on any atom is 0.222 e. The van der Waals surface area contributed by atoms with E-state index in [9.17, 15) is 9.90 Å². The Morgan fingerprint density at radius 2 is 2.24 bits per heavy atom. The first-order valence-corrected chi connectivity index (χ1v) is 11.2. The highest BCUT2D eigenvalue weighted by atomic mass is 31.2. The molecule has 2 rings (SSSR count). The van der Waals surface area contributed by atoms with Gasteiger partial charge in [0.1, 0.15) is 23.9 Å². The van der Waals surface area contributed by atoms with E-state index in [2.05, 4.69) is 36.5 Å². The number of aliphatic hydroxyl groups is 1. The summed E-state index contributed by atoms with van der Waals surface area (Å²) in [6.07, 6.45) is 7.15. The van der Waals surface area contributed by atoms with Gasteiger partial charge in [-0.05, 0) is 32.0 Å². The van der Waals surface area contributed by atoms with Gasteiger partial charge in [0.05, 0.1) is 6.10 Å². The van der Waals surface area contributed by atoms with Crippen LogP contribution in [0.5, 0.6) is 0 Å². The number of rotatable bonds is 5.